The Bertz CT molecular complexity index is 1230. The standard InChI is InChI=1S/C34H54O5SSi/c1-23-9-12-27(13-10-23)40(36,37)39-26-17-20-34(22-38-41(7,8)32(3,4)5)25(21-26)11-14-28-30-16-15-29(24(2)35)33(30,6)19-18-31(28)34/h9-10,12-13,25-26,28-31H,11,14-22H2,1-8H3/t25-,26-,28-,29+,30-,31-,33+,34+/m0/s1. The molecular formula is C34H54O5SSi. The van der Waals surface area contributed by atoms with E-state index in [9.17, 15) is 13.2 Å². The summed E-state index contributed by atoms with van der Waals surface area (Å²) in [6.07, 6.45) is 8.99. The van der Waals surface area contributed by atoms with Crippen LogP contribution in [-0.4, -0.2) is 35.2 Å². The molecule has 0 saturated heterocycles. The zero-order valence-corrected chi connectivity index (χ0v) is 28.6. The van der Waals surface area contributed by atoms with E-state index in [4.69, 9.17) is 8.61 Å². The van der Waals surface area contributed by atoms with Crippen LogP contribution >= 0.6 is 0 Å². The Kier molecular flexibility index (Phi) is 8.31. The molecule has 0 aliphatic heterocycles. The summed E-state index contributed by atoms with van der Waals surface area (Å²) >= 11 is 0. The second-order valence-electron chi connectivity index (χ2n) is 16.0. The number of rotatable bonds is 7. The van der Waals surface area contributed by atoms with Crippen LogP contribution in [0.5, 0.6) is 0 Å². The van der Waals surface area contributed by atoms with E-state index in [2.05, 4.69) is 40.8 Å². The first-order valence-corrected chi connectivity index (χ1v) is 20.5. The van der Waals surface area contributed by atoms with E-state index < -0.39 is 18.4 Å². The number of ketones is 1. The first-order chi connectivity index (χ1) is 19.0. The highest BCUT2D eigenvalue weighted by molar-refractivity contribution is 7.86. The highest BCUT2D eigenvalue weighted by atomic mass is 32.2. The highest BCUT2D eigenvalue weighted by Gasteiger charge is 2.62. The van der Waals surface area contributed by atoms with Gasteiger partial charge in [0.05, 0.1) is 11.0 Å². The second-order valence-corrected chi connectivity index (χ2v) is 22.4. The van der Waals surface area contributed by atoms with Crippen LogP contribution < -0.4 is 0 Å². The Hall–Kier alpha value is -1.02. The third-order valence-corrected chi connectivity index (χ3v) is 18.7. The highest BCUT2D eigenvalue weighted by Crippen LogP contribution is 2.68. The molecule has 5 rings (SSSR count). The third kappa shape index (κ3) is 5.55. The summed E-state index contributed by atoms with van der Waals surface area (Å²) in [5, 5.41) is 0.140. The fourth-order valence-corrected chi connectivity index (χ4v) is 11.7. The second kappa shape index (κ2) is 10.9. The van der Waals surface area contributed by atoms with Crippen molar-refractivity contribution >= 4 is 24.2 Å². The Morgan fingerprint density at radius 3 is 2.29 bits per heavy atom. The van der Waals surface area contributed by atoms with Gasteiger partial charge in [-0.25, -0.2) is 0 Å². The molecule has 4 fully saturated rings. The van der Waals surface area contributed by atoms with E-state index in [0.29, 0.717) is 29.5 Å². The Balaban J connectivity index is 1.41. The van der Waals surface area contributed by atoms with Crippen LogP contribution in [0.15, 0.2) is 29.2 Å². The van der Waals surface area contributed by atoms with Gasteiger partial charge in [0.2, 0.25) is 0 Å². The van der Waals surface area contributed by atoms with Crippen molar-refractivity contribution in [2.24, 2.45) is 40.4 Å². The maximum Gasteiger partial charge on any atom is 0.297 e. The van der Waals surface area contributed by atoms with Crippen molar-refractivity contribution in [1.29, 1.82) is 0 Å². The van der Waals surface area contributed by atoms with Crippen molar-refractivity contribution in [3.63, 3.8) is 0 Å². The molecule has 5 nitrogen and oxygen atoms in total. The molecule has 0 bridgehead atoms. The minimum atomic E-state index is -3.80. The SMILES string of the molecule is CC(=O)[C@H]1CC[C@H]2[C@@H]3CC[C@H]4C[C@@H](OS(=O)(=O)c5ccc(C)cc5)CC[C@]4(CO[Si](C)(C)C(C)(C)C)[C@H]3CC[C@]12C. The molecule has 0 unspecified atom stereocenters. The molecule has 4 saturated carbocycles. The van der Waals surface area contributed by atoms with Crippen LogP contribution in [0.3, 0.4) is 0 Å². The molecule has 4 aliphatic carbocycles. The molecule has 8 atom stereocenters. The zero-order valence-electron chi connectivity index (χ0n) is 26.8. The van der Waals surface area contributed by atoms with Gasteiger partial charge >= 0.3 is 0 Å². The smallest absolute Gasteiger partial charge is 0.297 e. The van der Waals surface area contributed by atoms with Crippen LogP contribution in [0, 0.1) is 47.3 Å². The normalized spacial score (nSPS) is 37.7. The van der Waals surface area contributed by atoms with E-state index in [1.807, 2.05) is 26.0 Å². The van der Waals surface area contributed by atoms with Gasteiger partial charge in [-0.15, -0.1) is 0 Å². The van der Waals surface area contributed by atoms with Crippen molar-refractivity contribution in [3.8, 4) is 0 Å². The molecular weight excluding hydrogens is 549 g/mol. The van der Waals surface area contributed by atoms with Crippen LogP contribution in [0.25, 0.3) is 0 Å². The van der Waals surface area contributed by atoms with E-state index >= 15 is 0 Å². The number of aryl methyl sites for hydroxylation is 1. The number of fused-ring (bicyclic) bond motifs is 5. The maximum absolute atomic E-state index is 13.2. The van der Waals surface area contributed by atoms with Crippen LogP contribution in [0.2, 0.25) is 18.1 Å². The van der Waals surface area contributed by atoms with E-state index in [1.54, 1.807) is 12.1 Å². The fourth-order valence-electron chi connectivity index (χ4n) is 9.52. The molecule has 0 N–H and O–H groups in total. The molecule has 7 heteroatoms. The van der Waals surface area contributed by atoms with Gasteiger partial charge in [-0.3, -0.25) is 8.98 Å². The van der Waals surface area contributed by atoms with Gasteiger partial charge in [-0.1, -0.05) is 45.4 Å². The molecule has 230 valence electrons. The first kappa shape index (κ1) is 31.4. The predicted octanol–water partition coefficient (Wildman–Crippen LogP) is 8.32. The largest absolute Gasteiger partial charge is 0.416 e. The average molecular weight is 603 g/mol. The molecule has 4 aliphatic rings. The minimum absolute atomic E-state index is 0.0571. The Morgan fingerprint density at radius 1 is 0.976 bits per heavy atom. The molecule has 1 aromatic carbocycles. The van der Waals surface area contributed by atoms with Crippen molar-refractivity contribution in [2.75, 3.05) is 6.61 Å². The maximum atomic E-state index is 13.2. The molecule has 1 aromatic rings. The lowest BCUT2D eigenvalue weighted by Gasteiger charge is -2.62. The number of hydrogen-bond donors (Lipinski definition) is 0. The minimum Gasteiger partial charge on any atom is -0.416 e. The summed E-state index contributed by atoms with van der Waals surface area (Å²) in [5.74, 6) is 2.80. The predicted molar refractivity (Wildman–Crippen MR) is 167 cm³/mol. The van der Waals surface area contributed by atoms with E-state index in [0.717, 1.165) is 57.1 Å². The van der Waals surface area contributed by atoms with Crippen LogP contribution in [-0.2, 0) is 23.5 Å². The van der Waals surface area contributed by atoms with Crippen LogP contribution in [0.4, 0.5) is 0 Å². The molecule has 0 amide bonds. The van der Waals surface area contributed by atoms with Crippen molar-refractivity contribution in [2.45, 2.75) is 128 Å². The molecule has 0 radical (unpaired) electrons. The quantitative estimate of drug-likeness (QED) is 0.232. The summed E-state index contributed by atoms with van der Waals surface area (Å²) in [5.41, 5.74) is 1.22. The number of carbonyl (C=O) groups is 1. The Labute approximate surface area is 250 Å². The lowest BCUT2D eigenvalue weighted by Crippen LogP contribution is -2.58. The number of benzene rings is 1. The third-order valence-electron chi connectivity index (χ3n) is 12.9. The average Bonchev–Trinajstić information content (AvgIpc) is 3.24. The van der Waals surface area contributed by atoms with Gasteiger partial charge in [0, 0.05) is 12.5 Å². The summed E-state index contributed by atoms with van der Waals surface area (Å²) in [7, 11) is -5.77. The van der Waals surface area contributed by atoms with Crippen molar-refractivity contribution in [1.82, 2.24) is 0 Å². The first-order valence-electron chi connectivity index (χ1n) is 16.1. The number of hydrogen-bond acceptors (Lipinski definition) is 5. The summed E-state index contributed by atoms with van der Waals surface area (Å²) < 4.78 is 39.5. The van der Waals surface area contributed by atoms with Crippen molar-refractivity contribution < 1.29 is 21.8 Å². The van der Waals surface area contributed by atoms with Gasteiger partial charge in [-0.2, -0.15) is 8.42 Å². The van der Waals surface area contributed by atoms with Gasteiger partial charge in [0.25, 0.3) is 10.1 Å². The van der Waals surface area contributed by atoms with Crippen molar-refractivity contribution in [3.05, 3.63) is 29.8 Å². The molecule has 41 heavy (non-hydrogen) atoms. The zero-order chi connectivity index (χ0) is 30.0. The summed E-state index contributed by atoms with van der Waals surface area (Å²) in [6, 6.07) is 6.98. The Morgan fingerprint density at radius 2 is 1.66 bits per heavy atom. The van der Waals surface area contributed by atoms with Gasteiger partial charge < -0.3 is 4.43 Å². The fraction of sp³-hybridized carbons (Fsp3) is 0.794. The molecule has 0 spiro atoms. The topological polar surface area (TPSA) is 69.7 Å². The summed E-state index contributed by atoms with van der Waals surface area (Å²) in [6.45, 7) is 18.6. The molecule has 0 heterocycles. The monoisotopic (exact) mass is 602 g/mol. The van der Waals surface area contributed by atoms with E-state index in [1.165, 1.54) is 12.8 Å². The van der Waals surface area contributed by atoms with E-state index in [-0.39, 0.29) is 32.8 Å². The summed E-state index contributed by atoms with van der Waals surface area (Å²) in [4.78, 5) is 12.9. The number of carbonyl (C=O) groups excluding carboxylic acids is 1. The lowest BCUT2D eigenvalue weighted by molar-refractivity contribution is -0.152. The van der Waals surface area contributed by atoms with Crippen LogP contribution in [0.1, 0.15) is 98.0 Å². The lowest BCUT2D eigenvalue weighted by atomic mass is 9.44. The van der Waals surface area contributed by atoms with Gasteiger partial charge in [0.1, 0.15) is 5.78 Å². The van der Waals surface area contributed by atoms with Gasteiger partial charge in [0.15, 0.2) is 8.32 Å². The molecule has 0 aromatic heterocycles. The van der Waals surface area contributed by atoms with Gasteiger partial charge in [-0.05, 0) is 136 Å². The number of Topliss-reactive ketones (excluding diaryl/α,β-unsaturated/α-hetero) is 1.